The lowest BCUT2D eigenvalue weighted by molar-refractivity contribution is -0.153. The number of fused-ring (bicyclic) bond motifs is 3. The molecule has 0 aliphatic carbocycles. The maximum atomic E-state index is 12.5. The first-order valence-corrected chi connectivity index (χ1v) is 8.54. The minimum absolute atomic E-state index is 0.104. The van der Waals surface area contributed by atoms with Gasteiger partial charge in [0.25, 0.3) is 0 Å². The van der Waals surface area contributed by atoms with Crippen LogP contribution in [0.2, 0.25) is 0 Å². The number of carbonyl (C=O) groups is 3. The van der Waals surface area contributed by atoms with E-state index in [2.05, 4.69) is 6.58 Å². The molecule has 6 nitrogen and oxygen atoms in total. The van der Waals surface area contributed by atoms with E-state index in [0.29, 0.717) is 16.9 Å². The first kappa shape index (κ1) is 18.2. The summed E-state index contributed by atoms with van der Waals surface area (Å²) in [4.78, 5) is 36.9. The van der Waals surface area contributed by atoms with Crippen molar-refractivity contribution in [1.82, 2.24) is 0 Å². The van der Waals surface area contributed by atoms with E-state index in [0.717, 1.165) is 0 Å². The summed E-state index contributed by atoms with van der Waals surface area (Å²) in [6.45, 7) is 10.6. The Bertz CT molecular complexity index is 799. The van der Waals surface area contributed by atoms with Crippen LogP contribution in [0.15, 0.2) is 47.3 Å². The van der Waals surface area contributed by atoms with E-state index >= 15 is 0 Å². The van der Waals surface area contributed by atoms with Crippen molar-refractivity contribution >= 4 is 17.7 Å². The molecule has 3 heterocycles. The average molecular weight is 358 g/mol. The molecular weight excluding hydrogens is 336 g/mol. The van der Waals surface area contributed by atoms with Crippen molar-refractivity contribution in [3.63, 3.8) is 0 Å². The molecule has 0 aromatic carbocycles. The zero-order valence-corrected chi connectivity index (χ0v) is 15.3. The maximum Gasteiger partial charge on any atom is 0.334 e. The Morgan fingerprint density at radius 3 is 2.77 bits per heavy atom. The molecule has 0 N–H and O–H groups in total. The second kappa shape index (κ2) is 6.27. The van der Waals surface area contributed by atoms with Crippen LogP contribution < -0.4 is 0 Å². The summed E-state index contributed by atoms with van der Waals surface area (Å²) in [7, 11) is 0. The smallest absolute Gasteiger partial charge is 0.334 e. The van der Waals surface area contributed by atoms with Crippen LogP contribution in [0.25, 0.3) is 0 Å². The fraction of sp³-hybridized carbons (Fsp3) is 0.450. The standard InChI is InChI=1S/C20H22O6/c1-6-10(2)18(22)25-15-9-20(5)16(21)8-13(26-20)11(3)7-14-17(15)12(4)19(23)24-14/h6-8,14-15,17H,4,9H2,1-3,5H3/b10-6-,11-7-/t14-,15-,17-,20+/m0/s1. The Labute approximate surface area is 152 Å². The van der Waals surface area contributed by atoms with Gasteiger partial charge in [-0.3, -0.25) is 4.79 Å². The SMILES string of the molecule is C=C1C(=O)O[C@H]2/C=C(/C)C3=CC(=O)[C@@](C)(C[C@H](OC(=O)/C(C)=C\C)[C@@H]12)O3. The highest BCUT2D eigenvalue weighted by molar-refractivity contribution is 6.00. The highest BCUT2D eigenvalue weighted by Crippen LogP contribution is 2.42. The zero-order chi connectivity index (χ0) is 19.2. The molecule has 4 atom stereocenters. The van der Waals surface area contributed by atoms with Crippen LogP contribution in [0.3, 0.4) is 0 Å². The third kappa shape index (κ3) is 2.89. The van der Waals surface area contributed by atoms with E-state index in [1.807, 2.05) is 0 Å². The van der Waals surface area contributed by atoms with Gasteiger partial charge in [-0.15, -0.1) is 0 Å². The molecule has 0 aromatic heterocycles. The third-order valence-corrected chi connectivity index (χ3v) is 5.19. The molecular formula is C20H22O6. The first-order chi connectivity index (χ1) is 12.2. The number of carbonyl (C=O) groups excluding carboxylic acids is 3. The number of ether oxygens (including phenoxy) is 3. The van der Waals surface area contributed by atoms with Gasteiger partial charge in [-0.2, -0.15) is 0 Å². The summed E-state index contributed by atoms with van der Waals surface area (Å²) in [5, 5.41) is 0. The largest absolute Gasteiger partial charge is 0.479 e. The molecule has 1 fully saturated rings. The summed E-state index contributed by atoms with van der Waals surface area (Å²) in [6.07, 6.45) is 3.50. The van der Waals surface area contributed by atoms with Crippen LogP contribution in [0.5, 0.6) is 0 Å². The minimum atomic E-state index is -1.17. The molecule has 3 aliphatic rings. The fourth-order valence-corrected chi connectivity index (χ4v) is 3.41. The number of rotatable bonds is 2. The normalized spacial score (nSPS) is 35.9. The fourth-order valence-electron chi connectivity index (χ4n) is 3.41. The number of hydrogen-bond donors (Lipinski definition) is 0. The Morgan fingerprint density at radius 1 is 1.42 bits per heavy atom. The van der Waals surface area contributed by atoms with Gasteiger partial charge in [0, 0.05) is 23.6 Å². The molecule has 0 amide bonds. The molecule has 2 bridgehead atoms. The van der Waals surface area contributed by atoms with Gasteiger partial charge >= 0.3 is 11.9 Å². The van der Waals surface area contributed by atoms with Crippen LogP contribution >= 0.6 is 0 Å². The molecule has 0 spiro atoms. The van der Waals surface area contributed by atoms with Crippen molar-refractivity contribution in [2.24, 2.45) is 5.92 Å². The predicted octanol–water partition coefficient (Wildman–Crippen LogP) is 2.55. The number of ketones is 1. The van der Waals surface area contributed by atoms with E-state index < -0.39 is 35.7 Å². The Hall–Kier alpha value is -2.63. The zero-order valence-electron chi connectivity index (χ0n) is 15.3. The lowest BCUT2D eigenvalue weighted by Crippen LogP contribution is -2.42. The number of esters is 2. The molecule has 0 radical (unpaired) electrons. The van der Waals surface area contributed by atoms with Gasteiger partial charge in [-0.1, -0.05) is 12.7 Å². The van der Waals surface area contributed by atoms with Gasteiger partial charge in [0.1, 0.15) is 18.0 Å². The molecule has 0 saturated carbocycles. The monoisotopic (exact) mass is 358 g/mol. The predicted molar refractivity (Wildman–Crippen MR) is 92.8 cm³/mol. The van der Waals surface area contributed by atoms with Crippen molar-refractivity contribution in [2.75, 3.05) is 0 Å². The first-order valence-electron chi connectivity index (χ1n) is 8.54. The van der Waals surface area contributed by atoms with Gasteiger partial charge in [0.05, 0.1) is 5.92 Å². The van der Waals surface area contributed by atoms with E-state index in [1.165, 1.54) is 6.08 Å². The van der Waals surface area contributed by atoms with E-state index in [1.54, 1.807) is 39.8 Å². The van der Waals surface area contributed by atoms with Gasteiger partial charge in [0.15, 0.2) is 5.60 Å². The lowest BCUT2D eigenvalue weighted by atomic mass is 9.82. The van der Waals surface area contributed by atoms with E-state index in [9.17, 15) is 14.4 Å². The lowest BCUT2D eigenvalue weighted by Gasteiger charge is -2.31. The summed E-state index contributed by atoms with van der Waals surface area (Å²) >= 11 is 0. The molecule has 26 heavy (non-hydrogen) atoms. The van der Waals surface area contributed by atoms with E-state index in [-0.39, 0.29) is 17.8 Å². The third-order valence-electron chi connectivity index (χ3n) is 5.19. The minimum Gasteiger partial charge on any atom is -0.479 e. The molecule has 0 unspecified atom stereocenters. The van der Waals surface area contributed by atoms with Gasteiger partial charge in [-0.05, 0) is 39.3 Å². The summed E-state index contributed by atoms with van der Waals surface area (Å²) in [5.41, 5.74) is 0.195. The number of allylic oxidation sites excluding steroid dienone is 2. The van der Waals surface area contributed by atoms with Crippen molar-refractivity contribution in [3.8, 4) is 0 Å². The molecule has 3 aliphatic heterocycles. The summed E-state index contributed by atoms with van der Waals surface area (Å²) in [5.74, 6) is -1.35. The van der Waals surface area contributed by atoms with Crippen LogP contribution in [0.4, 0.5) is 0 Å². The molecule has 138 valence electrons. The summed E-state index contributed by atoms with van der Waals surface area (Å²) in [6, 6.07) is 0. The second-order valence-electron chi connectivity index (χ2n) is 7.10. The van der Waals surface area contributed by atoms with Gasteiger partial charge in [-0.25, -0.2) is 9.59 Å². The second-order valence-corrected chi connectivity index (χ2v) is 7.10. The molecule has 6 heteroatoms. The van der Waals surface area contributed by atoms with Crippen molar-refractivity contribution in [2.45, 2.75) is 51.9 Å². The van der Waals surface area contributed by atoms with Gasteiger partial charge in [0.2, 0.25) is 5.78 Å². The quantitative estimate of drug-likeness (QED) is 0.558. The average Bonchev–Trinajstić information content (AvgIpc) is 3.03. The summed E-state index contributed by atoms with van der Waals surface area (Å²) < 4.78 is 17.0. The topological polar surface area (TPSA) is 78.9 Å². The van der Waals surface area contributed by atoms with Crippen LogP contribution in [0.1, 0.15) is 34.1 Å². The van der Waals surface area contributed by atoms with Crippen molar-refractivity contribution in [3.05, 3.63) is 47.3 Å². The molecule has 1 saturated heterocycles. The Balaban J connectivity index is 2.05. The molecule has 3 rings (SSSR count). The number of hydrogen-bond acceptors (Lipinski definition) is 6. The van der Waals surface area contributed by atoms with Crippen LogP contribution in [-0.4, -0.2) is 35.5 Å². The van der Waals surface area contributed by atoms with Crippen molar-refractivity contribution in [1.29, 1.82) is 0 Å². The highest BCUT2D eigenvalue weighted by Gasteiger charge is 2.51. The van der Waals surface area contributed by atoms with Crippen LogP contribution in [-0.2, 0) is 28.6 Å². The van der Waals surface area contributed by atoms with Crippen molar-refractivity contribution < 1.29 is 28.6 Å². The maximum absolute atomic E-state index is 12.5. The Kier molecular flexibility index (Phi) is 4.38. The van der Waals surface area contributed by atoms with Gasteiger partial charge < -0.3 is 14.2 Å². The van der Waals surface area contributed by atoms with Crippen LogP contribution in [0, 0.1) is 5.92 Å². The Morgan fingerprint density at radius 2 is 2.12 bits per heavy atom. The van der Waals surface area contributed by atoms with E-state index in [4.69, 9.17) is 14.2 Å². The highest BCUT2D eigenvalue weighted by atomic mass is 16.6. The molecule has 0 aromatic rings.